The zero-order valence-electron chi connectivity index (χ0n) is 14.9. The predicted molar refractivity (Wildman–Crippen MR) is 96.4 cm³/mol. The molecule has 1 amide bonds. The van der Waals surface area contributed by atoms with Gasteiger partial charge in [-0.25, -0.2) is 19.1 Å². The number of carbonyl (C=O) groups excluding carboxylic acids is 2. The van der Waals surface area contributed by atoms with Crippen LogP contribution < -0.4 is 10.9 Å². The number of rotatable bonds is 5. The zero-order chi connectivity index (χ0) is 20.4. The number of nitrogens with one attached hydrogen (secondary N) is 2. The minimum absolute atomic E-state index is 0.0186. The summed E-state index contributed by atoms with van der Waals surface area (Å²) >= 11 is 0. The number of aromatic carboxylic acids is 1. The molecule has 28 heavy (non-hydrogen) atoms. The van der Waals surface area contributed by atoms with Gasteiger partial charge in [0.25, 0.3) is 11.5 Å². The number of ether oxygens (including phenoxy) is 1. The van der Waals surface area contributed by atoms with Crippen molar-refractivity contribution in [2.75, 3.05) is 7.11 Å². The summed E-state index contributed by atoms with van der Waals surface area (Å²) < 4.78 is 5.63. The number of carboxylic acid groups (broad SMARTS) is 1. The lowest BCUT2D eigenvalue weighted by molar-refractivity contribution is 0.0599. The lowest BCUT2D eigenvalue weighted by atomic mass is 10.1. The van der Waals surface area contributed by atoms with Gasteiger partial charge in [-0.05, 0) is 24.6 Å². The van der Waals surface area contributed by atoms with E-state index in [1.54, 1.807) is 31.2 Å². The highest BCUT2D eigenvalue weighted by molar-refractivity contribution is 5.96. The first kappa shape index (κ1) is 18.8. The topological polar surface area (TPSA) is 143 Å². The maximum absolute atomic E-state index is 12.5. The molecule has 3 N–H and O–H groups in total. The van der Waals surface area contributed by atoms with E-state index in [4.69, 9.17) is 0 Å². The minimum atomic E-state index is -1.32. The van der Waals surface area contributed by atoms with Crippen LogP contribution in [0.3, 0.4) is 0 Å². The maximum Gasteiger partial charge on any atom is 0.354 e. The number of methoxy groups -OCH3 is 1. The molecule has 2 aromatic heterocycles. The number of hydrogen-bond acceptors (Lipinski definition) is 6. The van der Waals surface area contributed by atoms with Gasteiger partial charge in [0.05, 0.1) is 18.7 Å². The van der Waals surface area contributed by atoms with Crippen molar-refractivity contribution in [3.63, 3.8) is 0 Å². The van der Waals surface area contributed by atoms with Crippen LogP contribution in [0.4, 0.5) is 0 Å². The average Bonchev–Trinajstić information content (AvgIpc) is 3.06. The summed E-state index contributed by atoms with van der Waals surface area (Å²) in [5.74, 6) is -2.40. The molecule has 2 heterocycles. The third-order valence-corrected chi connectivity index (χ3v) is 4.09. The van der Waals surface area contributed by atoms with Crippen LogP contribution in [0.2, 0.25) is 0 Å². The van der Waals surface area contributed by atoms with E-state index in [9.17, 15) is 24.3 Å². The van der Waals surface area contributed by atoms with Gasteiger partial charge in [0.2, 0.25) is 0 Å². The maximum atomic E-state index is 12.5. The number of H-pyrrole nitrogens is 1. The molecule has 0 saturated heterocycles. The van der Waals surface area contributed by atoms with Crippen LogP contribution in [0.25, 0.3) is 5.65 Å². The number of nitrogens with zero attached hydrogens (tertiary/aromatic N) is 2. The van der Waals surface area contributed by atoms with E-state index in [1.807, 2.05) is 0 Å². The first-order valence-corrected chi connectivity index (χ1v) is 8.15. The second-order valence-corrected chi connectivity index (χ2v) is 5.95. The van der Waals surface area contributed by atoms with Gasteiger partial charge >= 0.3 is 11.9 Å². The number of hydrogen-bond donors (Lipinski definition) is 3. The van der Waals surface area contributed by atoms with E-state index >= 15 is 0 Å². The van der Waals surface area contributed by atoms with Crippen molar-refractivity contribution in [2.24, 2.45) is 0 Å². The van der Waals surface area contributed by atoms with Gasteiger partial charge in [0.15, 0.2) is 11.3 Å². The van der Waals surface area contributed by atoms with Crippen LogP contribution >= 0.6 is 0 Å². The molecule has 0 aliphatic carbocycles. The molecule has 144 valence electrons. The number of fused-ring (bicyclic) bond motifs is 1. The third-order valence-electron chi connectivity index (χ3n) is 4.09. The standard InChI is InChI=1S/C18H16N4O6/c1-9(10-3-5-11(6-4-10)18(27)28-2)19-16(24)12-7-13(17(25)26)22-14(20-12)8-15(23)21-22/h3-9H,1-2H3,(H,19,24)(H,21,23)(H,25,26)/t9-/m1/s1. The predicted octanol–water partition coefficient (Wildman–Crippen LogP) is 0.998. The molecule has 0 unspecified atom stereocenters. The summed E-state index contributed by atoms with van der Waals surface area (Å²) in [6, 6.07) is 8.21. The van der Waals surface area contributed by atoms with E-state index in [-0.39, 0.29) is 17.0 Å². The van der Waals surface area contributed by atoms with Crippen molar-refractivity contribution in [1.29, 1.82) is 0 Å². The molecule has 1 aromatic carbocycles. The van der Waals surface area contributed by atoms with Gasteiger partial charge in [-0.15, -0.1) is 0 Å². The number of aromatic nitrogens is 3. The lowest BCUT2D eigenvalue weighted by Gasteiger charge is -2.15. The summed E-state index contributed by atoms with van der Waals surface area (Å²) in [4.78, 5) is 50.9. The van der Waals surface area contributed by atoms with Crippen LogP contribution in [0.5, 0.6) is 0 Å². The first-order chi connectivity index (χ1) is 13.3. The number of carbonyl (C=O) groups is 3. The third kappa shape index (κ3) is 3.61. The van der Waals surface area contributed by atoms with Crippen LogP contribution in [-0.2, 0) is 4.74 Å². The fourth-order valence-corrected chi connectivity index (χ4v) is 2.65. The molecule has 0 radical (unpaired) electrons. The molecule has 3 rings (SSSR count). The van der Waals surface area contributed by atoms with Crippen LogP contribution in [0.15, 0.2) is 41.2 Å². The number of benzene rings is 1. The molecule has 10 heteroatoms. The molecule has 3 aromatic rings. The Morgan fingerprint density at radius 2 is 1.89 bits per heavy atom. The monoisotopic (exact) mass is 384 g/mol. The van der Waals surface area contributed by atoms with Gasteiger partial charge in [-0.1, -0.05) is 12.1 Å². The molecule has 0 bridgehead atoms. The quantitative estimate of drug-likeness (QED) is 0.557. The molecular formula is C18H16N4O6. The second-order valence-electron chi connectivity index (χ2n) is 5.95. The van der Waals surface area contributed by atoms with Gasteiger partial charge in [-0.2, -0.15) is 0 Å². The van der Waals surface area contributed by atoms with Gasteiger partial charge in [0.1, 0.15) is 5.69 Å². The van der Waals surface area contributed by atoms with Crippen LogP contribution in [0.1, 0.15) is 49.9 Å². The van der Waals surface area contributed by atoms with E-state index in [2.05, 4.69) is 20.1 Å². The summed E-state index contributed by atoms with van der Waals surface area (Å²) in [6.45, 7) is 1.72. The number of amides is 1. The molecule has 0 aliphatic rings. The Labute approximate surface area is 157 Å². The zero-order valence-corrected chi connectivity index (χ0v) is 14.9. The van der Waals surface area contributed by atoms with Crippen molar-refractivity contribution in [3.05, 3.63) is 69.3 Å². The van der Waals surface area contributed by atoms with Crippen LogP contribution in [0, 0.1) is 0 Å². The summed E-state index contributed by atoms with van der Waals surface area (Å²) in [6.07, 6.45) is 0. The molecular weight excluding hydrogens is 368 g/mol. The van der Waals surface area contributed by atoms with E-state index in [0.29, 0.717) is 5.56 Å². The second kappa shape index (κ2) is 7.35. The lowest BCUT2D eigenvalue weighted by Crippen LogP contribution is -2.28. The smallest absolute Gasteiger partial charge is 0.354 e. The van der Waals surface area contributed by atoms with Crippen molar-refractivity contribution in [2.45, 2.75) is 13.0 Å². The Hall–Kier alpha value is -3.95. The van der Waals surface area contributed by atoms with Crippen molar-refractivity contribution in [1.82, 2.24) is 19.9 Å². The minimum Gasteiger partial charge on any atom is -0.477 e. The van der Waals surface area contributed by atoms with Crippen molar-refractivity contribution >= 4 is 23.5 Å². The molecule has 0 saturated carbocycles. The Balaban J connectivity index is 1.85. The summed E-state index contributed by atoms with van der Waals surface area (Å²) in [5.41, 5.74) is 0.137. The molecule has 1 atom stereocenters. The van der Waals surface area contributed by atoms with Crippen LogP contribution in [-0.4, -0.2) is 44.7 Å². The summed E-state index contributed by atoms with van der Waals surface area (Å²) in [7, 11) is 1.28. The van der Waals surface area contributed by atoms with Gasteiger partial charge < -0.3 is 15.2 Å². The number of carboxylic acids is 1. The molecule has 0 aliphatic heterocycles. The van der Waals surface area contributed by atoms with Gasteiger partial charge in [0, 0.05) is 12.1 Å². The fraction of sp³-hybridized carbons (Fsp3) is 0.167. The van der Waals surface area contributed by atoms with Crippen molar-refractivity contribution in [3.8, 4) is 0 Å². The Morgan fingerprint density at radius 1 is 1.21 bits per heavy atom. The van der Waals surface area contributed by atoms with E-state index < -0.39 is 29.4 Å². The van der Waals surface area contributed by atoms with E-state index in [1.165, 1.54) is 7.11 Å². The molecule has 0 fully saturated rings. The number of aromatic amines is 1. The summed E-state index contributed by atoms with van der Waals surface area (Å²) in [5, 5.41) is 14.3. The number of esters is 1. The largest absolute Gasteiger partial charge is 0.477 e. The first-order valence-electron chi connectivity index (χ1n) is 8.15. The normalized spacial score (nSPS) is 11.8. The highest BCUT2D eigenvalue weighted by Gasteiger charge is 2.19. The van der Waals surface area contributed by atoms with E-state index in [0.717, 1.165) is 22.2 Å². The average molecular weight is 384 g/mol. The highest BCUT2D eigenvalue weighted by atomic mass is 16.5. The molecule has 0 spiro atoms. The molecule has 10 nitrogen and oxygen atoms in total. The Kier molecular flexibility index (Phi) is 4.94. The highest BCUT2D eigenvalue weighted by Crippen LogP contribution is 2.15. The van der Waals surface area contributed by atoms with Crippen molar-refractivity contribution < 1.29 is 24.2 Å². The Bertz CT molecular complexity index is 1130. The fourth-order valence-electron chi connectivity index (χ4n) is 2.65. The van der Waals surface area contributed by atoms with Gasteiger partial charge in [-0.3, -0.25) is 14.7 Å². The Morgan fingerprint density at radius 3 is 2.50 bits per heavy atom. The SMILES string of the molecule is COC(=O)c1ccc([C@@H](C)NC(=O)c2cc(C(=O)O)n3[nH]c(=O)cc3n2)cc1.